The molecule has 1 saturated heterocycles. The fraction of sp³-hybridized carbons (Fsp3) is 0.647. The molecule has 110 valence electrons. The number of hydrogen-bond donors (Lipinski definition) is 2. The predicted octanol–water partition coefficient (Wildman–Crippen LogP) is 2.27. The van der Waals surface area contributed by atoms with Gasteiger partial charge in [0, 0.05) is 18.6 Å². The van der Waals surface area contributed by atoms with E-state index in [2.05, 4.69) is 35.2 Å². The molecule has 2 N–H and O–H groups in total. The Kier molecular flexibility index (Phi) is 4.11. The van der Waals surface area contributed by atoms with Crippen molar-refractivity contribution in [1.82, 2.24) is 4.90 Å². The van der Waals surface area contributed by atoms with Gasteiger partial charge >= 0.3 is 0 Å². The van der Waals surface area contributed by atoms with Crippen LogP contribution in [-0.2, 0) is 5.54 Å². The standard InChI is InChI=1S/C17H25NO2/c19-15-6-10-17(11-7-15,14-4-2-1-3-5-14)18-12-8-16(20)9-13-18/h1-5,15-16,19-20H,6-13H2. The largest absolute Gasteiger partial charge is 0.393 e. The Hall–Kier alpha value is -0.900. The molecular formula is C17H25NO2. The molecule has 0 amide bonds. The molecule has 0 unspecified atom stereocenters. The van der Waals surface area contributed by atoms with Crippen LogP contribution in [0.3, 0.4) is 0 Å². The van der Waals surface area contributed by atoms with E-state index in [1.807, 2.05) is 0 Å². The van der Waals surface area contributed by atoms with E-state index in [9.17, 15) is 10.2 Å². The van der Waals surface area contributed by atoms with E-state index in [0.29, 0.717) is 0 Å². The van der Waals surface area contributed by atoms with Crippen molar-refractivity contribution in [3.05, 3.63) is 35.9 Å². The highest BCUT2D eigenvalue weighted by molar-refractivity contribution is 5.26. The molecule has 1 saturated carbocycles. The first-order chi connectivity index (χ1) is 9.71. The van der Waals surface area contributed by atoms with Gasteiger partial charge in [0.25, 0.3) is 0 Å². The summed E-state index contributed by atoms with van der Waals surface area (Å²) in [4.78, 5) is 2.56. The Morgan fingerprint density at radius 1 is 0.850 bits per heavy atom. The lowest BCUT2D eigenvalue weighted by Crippen LogP contribution is -2.52. The van der Waals surface area contributed by atoms with E-state index in [1.54, 1.807) is 0 Å². The summed E-state index contributed by atoms with van der Waals surface area (Å²) in [6, 6.07) is 10.7. The van der Waals surface area contributed by atoms with Crippen molar-refractivity contribution in [2.45, 2.75) is 56.3 Å². The molecule has 3 nitrogen and oxygen atoms in total. The summed E-state index contributed by atoms with van der Waals surface area (Å²) < 4.78 is 0. The Labute approximate surface area is 121 Å². The van der Waals surface area contributed by atoms with E-state index in [1.165, 1.54) is 5.56 Å². The molecule has 2 aliphatic rings. The van der Waals surface area contributed by atoms with Crippen molar-refractivity contribution < 1.29 is 10.2 Å². The second kappa shape index (κ2) is 5.84. The summed E-state index contributed by atoms with van der Waals surface area (Å²) in [5, 5.41) is 19.6. The van der Waals surface area contributed by atoms with Crippen LogP contribution in [0.4, 0.5) is 0 Å². The van der Waals surface area contributed by atoms with E-state index < -0.39 is 0 Å². The molecule has 3 rings (SSSR count). The van der Waals surface area contributed by atoms with Gasteiger partial charge in [-0.15, -0.1) is 0 Å². The number of likely N-dealkylation sites (tertiary alicyclic amines) is 1. The number of benzene rings is 1. The molecular weight excluding hydrogens is 250 g/mol. The number of aliphatic hydroxyl groups is 2. The lowest BCUT2D eigenvalue weighted by atomic mass is 9.73. The molecule has 0 spiro atoms. The second-order valence-electron chi connectivity index (χ2n) is 6.35. The third-order valence-corrected chi connectivity index (χ3v) is 5.16. The molecule has 1 aromatic rings. The highest BCUT2D eigenvalue weighted by Gasteiger charge is 2.42. The summed E-state index contributed by atoms with van der Waals surface area (Å²) in [5.74, 6) is 0. The molecule has 20 heavy (non-hydrogen) atoms. The van der Waals surface area contributed by atoms with Gasteiger partial charge in [0.2, 0.25) is 0 Å². The van der Waals surface area contributed by atoms with E-state index in [0.717, 1.165) is 51.6 Å². The van der Waals surface area contributed by atoms with Crippen molar-refractivity contribution in [2.75, 3.05) is 13.1 Å². The maximum absolute atomic E-state index is 9.87. The van der Waals surface area contributed by atoms with Crippen LogP contribution in [0.2, 0.25) is 0 Å². The van der Waals surface area contributed by atoms with Crippen molar-refractivity contribution in [1.29, 1.82) is 0 Å². The summed E-state index contributed by atoms with van der Waals surface area (Å²) in [7, 11) is 0. The minimum Gasteiger partial charge on any atom is -0.393 e. The lowest BCUT2D eigenvalue weighted by molar-refractivity contribution is -0.0304. The highest BCUT2D eigenvalue weighted by atomic mass is 16.3. The Morgan fingerprint density at radius 3 is 2.00 bits per heavy atom. The summed E-state index contributed by atoms with van der Waals surface area (Å²) >= 11 is 0. The molecule has 0 aromatic heterocycles. The van der Waals surface area contributed by atoms with Crippen molar-refractivity contribution in [3.63, 3.8) is 0 Å². The first-order valence-corrected chi connectivity index (χ1v) is 7.87. The van der Waals surface area contributed by atoms with Gasteiger partial charge < -0.3 is 10.2 Å². The molecule has 1 aromatic carbocycles. The average Bonchev–Trinajstić information content (AvgIpc) is 2.50. The average molecular weight is 275 g/mol. The van der Waals surface area contributed by atoms with Crippen LogP contribution in [0.15, 0.2) is 30.3 Å². The third kappa shape index (κ3) is 2.62. The predicted molar refractivity (Wildman–Crippen MR) is 79.4 cm³/mol. The topological polar surface area (TPSA) is 43.7 Å². The van der Waals surface area contributed by atoms with Crippen LogP contribution in [0.5, 0.6) is 0 Å². The van der Waals surface area contributed by atoms with Crippen LogP contribution < -0.4 is 0 Å². The number of aliphatic hydroxyl groups excluding tert-OH is 2. The van der Waals surface area contributed by atoms with Gasteiger partial charge in [-0.05, 0) is 44.1 Å². The summed E-state index contributed by atoms with van der Waals surface area (Å²) in [5.41, 5.74) is 1.45. The zero-order valence-corrected chi connectivity index (χ0v) is 12.0. The van der Waals surface area contributed by atoms with Crippen LogP contribution in [0.1, 0.15) is 44.1 Å². The van der Waals surface area contributed by atoms with Crippen LogP contribution in [-0.4, -0.2) is 40.4 Å². The Morgan fingerprint density at radius 2 is 1.40 bits per heavy atom. The molecule has 1 aliphatic heterocycles. The monoisotopic (exact) mass is 275 g/mol. The van der Waals surface area contributed by atoms with Crippen molar-refractivity contribution >= 4 is 0 Å². The van der Waals surface area contributed by atoms with Crippen molar-refractivity contribution in [3.8, 4) is 0 Å². The summed E-state index contributed by atoms with van der Waals surface area (Å²) in [6.07, 6.45) is 5.29. The zero-order chi connectivity index (χ0) is 14.0. The van der Waals surface area contributed by atoms with Gasteiger partial charge in [-0.2, -0.15) is 0 Å². The Balaban J connectivity index is 1.88. The van der Waals surface area contributed by atoms with Crippen LogP contribution >= 0.6 is 0 Å². The van der Waals surface area contributed by atoms with E-state index in [4.69, 9.17) is 0 Å². The van der Waals surface area contributed by atoms with Gasteiger partial charge in [-0.3, -0.25) is 4.90 Å². The fourth-order valence-corrected chi connectivity index (χ4v) is 3.91. The maximum Gasteiger partial charge on any atom is 0.0564 e. The minimum absolute atomic E-state index is 0.0701. The maximum atomic E-state index is 9.87. The number of rotatable bonds is 2. The fourth-order valence-electron chi connectivity index (χ4n) is 3.91. The molecule has 3 heteroatoms. The summed E-state index contributed by atoms with van der Waals surface area (Å²) in [6.45, 7) is 1.93. The first-order valence-electron chi connectivity index (χ1n) is 7.87. The van der Waals surface area contributed by atoms with Gasteiger partial charge in [0.15, 0.2) is 0 Å². The zero-order valence-electron chi connectivity index (χ0n) is 12.0. The van der Waals surface area contributed by atoms with Crippen LogP contribution in [0, 0.1) is 0 Å². The lowest BCUT2D eigenvalue weighted by Gasteiger charge is -2.50. The Bertz CT molecular complexity index is 418. The number of piperidine rings is 1. The molecule has 0 atom stereocenters. The number of hydrogen-bond acceptors (Lipinski definition) is 3. The number of nitrogens with zero attached hydrogens (tertiary/aromatic N) is 1. The first kappa shape index (κ1) is 14.1. The van der Waals surface area contributed by atoms with E-state index in [-0.39, 0.29) is 17.7 Å². The van der Waals surface area contributed by atoms with Gasteiger partial charge in [0.1, 0.15) is 0 Å². The van der Waals surface area contributed by atoms with Crippen LogP contribution in [0.25, 0.3) is 0 Å². The van der Waals surface area contributed by atoms with Gasteiger partial charge in [0.05, 0.1) is 12.2 Å². The molecule has 2 fully saturated rings. The smallest absolute Gasteiger partial charge is 0.0564 e. The molecule has 1 aliphatic carbocycles. The molecule has 0 radical (unpaired) electrons. The normalized spacial score (nSPS) is 33.2. The molecule has 1 heterocycles. The minimum atomic E-state index is -0.137. The quantitative estimate of drug-likeness (QED) is 0.870. The third-order valence-electron chi connectivity index (χ3n) is 5.16. The van der Waals surface area contributed by atoms with E-state index >= 15 is 0 Å². The molecule has 0 bridgehead atoms. The highest BCUT2D eigenvalue weighted by Crippen LogP contribution is 2.43. The van der Waals surface area contributed by atoms with Gasteiger partial charge in [-0.1, -0.05) is 30.3 Å². The second-order valence-corrected chi connectivity index (χ2v) is 6.35. The van der Waals surface area contributed by atoms with Crippen molar-refractivity contribution in [2.24, 2.45) is 0 Å². The van der Waals surface area contributed by atoms with Gasteiger partial charge in [-0.25, -0.2) is 0 Å². The SMILES string of the molecule is OC1CCN(C2(c3ccccc3)CCC(O)CC2)CC1.